The van der Waals surface area contributed by atoms with E-state index in [1.807, 2.05) is 19.2 Å². The first kappa shape index (κ1) is 10.7. The van der Waals surface area contributed by atoms with Gasteiger partial charge < -0.3 is 5.32 Å². The fourth-order valence-corrected chi connectivity index (χ4v) is 1.13. The Bertz CT molecular complexity index is 295. The zero-order valence-electron chi connectivity index (χ0n) is 8.33. The minimum Gasteiger partial charge on any atom is -0.316 e. The van der Waals surface area contributed by atoms with Gasteiger partial charge in [-0.25, -0.2) is 5.48 Å². The monoisotopic (exact) mass is 194 g/mol. The number of benzene rings is 1. The van der Waals surface area contributed by atoms with E-state index in [1.165, 1.54) is 7.11 Å². The molecule has 1 aromatic carbocycles. The molecule has 4 nitrogen and oxygen atoms in total. The summed E-state index contributed by atoms with van der Waals surface area (Å²) < 4.78 is 0. The van der Waals surface area contributed by atoms with Crippen LogP contribution in [0.5, 0.6) is 0 Å². The average molecular weight is 194 g/mol. The summed E-state index contributed by atoms with van der Waals surface area (Å²) in [5.41, 5.74) is 3.99. The van der Waals surface area contributed by atoms with Gasteiger partial charge >= 0.3 is 0 Å². The lowest BCUT2D eigenvalue weighted by atomic mass is 10.1. The summed E-state index contributed by atoms with van der Waals surface area (Å²) in [6, 6.07) is 7.34. The summed E-state index contributed by atoms with van der Waals surface area (Å²) in [6.45, 7) is 0.798. The van der Waals surface area contributed by atoms with Crippen LogP contribution in [0.3, 0.4) is 0 Å². The van der Waals surface area contributed by atoms with Crippen LogP contribution >= 0.6 is 0 Å². The smallest absolute Gasteiger partial charge is 0.274 e. The topological polar surface area (TPSA) is 50.4 Å². The number of amides is 1. The molecule has 0 aliphatic rings. The van der Waals surface area contributed by atoms with E-state index in [2.05, 4.69) is 15.6 Å². The quantitative estimate of drug-likeness (QED) is 0.694. The van der Waals surface area contributed by atoms with Gasteiger partial charge in [0.05, 0.1) is 7.11 Å². The largest absolute Gasteiger partial charge is 0.316 e. The minimum atomic E-state index is -0.233. The van der Waals surface area contributed by atoms with Crippen LogP contribution in [0.4, 0.5) is 0 Å². The van der Waals surface area contributed by atoms with Gasteiger partial charge in [0, 0.05) is 12.1 Å². The first-order valence-corrected chi connectivity index (χ1v) is 4.34. The van der Waals surface area contributed by atoms with Crippen LogP contribution in [-0.4, -0.2) is 20.1 Å². The second kappa shape index (κ2) is 5.36. The lowest BCUT2D eigenvalue weighted by molar-refractivity contribution is 0.0537. The molecule has 0 saturated heterocycles. The van der Waals surface area contributed by atoms with Crippen molar-refractivity contribution in [3.8, 4) is 0 Å². The number of nitrogens with one attached hydrogen (secondary N) is 2. The van der Waals surface area contributed by atoms with Gasteiger partial charge in [-0.05, 0) is 24.7 Å². The van der Waals surface area contributed by atoms with Gasteiger partial charge in [0.25, 0.3) is 5.91 Å². The molecule has 1 rings (SSSR count). The van der Waals surface area contributed by atoms with Crippen LogP contribution in [-0.2, 0) is 11.4 Å². The molecule has 0 heterocycles. The summed E-state index contributed by atoms with van der Waals surface area (Å²) in [7, 11) is 3.29. The predicted octanol–water partition coefficient (Wildman–Crippen LogP) is 0.697. The van der Waals surface area contributed by atoms with Crippen molar-refractivity contribution < 1.29 is 9.63 Å². The second-order valence-electron chi connectivity index (χ2n) is 2.86. The highest BCUT2D eigenvalue weighted by Crippen LogP contribution is 2.03. The number of hydrogen-bond acceptors (Lipinski definition) is 3. The molecular weight excluding hydrogens is 180 g/mol. The third-order valence-electron chi connectivity index (χ3n) is 1.79. The summed E-state index contributed by atoms with van der Waals surface area (Å²) in [4.78, 5) is 15.8. The third-order valence-corrected chi connectivity index (χ3v) is 1.79. The van der Waals surface area contributed by atoms with E-state index in [0.717, 1.165) is 12.1 Å². The molecule has 0 aliphatic carbocycles. The maximum atomic E-state index is 11.3. The molecule has 0 fully saturated rings. The van der Waals surface area contributed by atoms with Crippen molar-refractivity contribution in [3.63, 3.8) is 0 Å². The van der Waals surface area contributed by atoms with Crippen molar-refractivity contribution in [1.82, 2.24) is 10.8 Å². The lowest BCUT2D eigenvalue weighted by Crippen LogP contribution is -2.21. The fraction of sp³-hybridized carbons (Fsp3) is 0.300. The highest BCUT2D eigenvalue weighted by atomic mass is 16.6. The van der Waals surface area contributed by atoms with Gasteiger partial charge in [-0.15, -0.1) is 0 Å². The van der Waals surface area contributed by atoms with Crippen molar-refractivity contribution in [1.29, 1.82) is 0 Å². The Hall–Kier alpha value is -1.39. The number of hydroxylamine groups is 1. The molecule has 0 aliphatic heterocycles. The number of carbonyl (C=O) groups is 1. The van der Waals surface area contributed by atoms with Crippen molar-refractivity contribution in [2.75, 3.05) is 14.2 Å². The molecule has 0 radical (unpaired) electrons. The Kier molecular flexibility index (Phi) is 4.10. The van der Waals surface area contributed by atoms with Gasteiger partial charge in [0.1, 0.15) is 0 Å². The number of carbonyl (C=O) groups excluding carboxylic acids is 1. The highest BCUT2D eigenvalue weighted by Gasteiger charge is 2.03. The van der Waals surface area contributed by atoms with Crippen LogP contribution < -0.4 is 10.8 Å². The van der Waals surface area contributed by atoms with Gasteiger partial charge in [0.15, 0.2) is 0 Å². The van der Waals surface area contributed by atoms with E-state index in [1.54, 1.807) is 12.1 Å². The molecule has 0 spiro atoms. The molecule has 1 amide bonds. The molecule has 14 heavy (non-hydrogen) atoms. The van der Waals surface area contributed by atoms with Crippen molar-refractivity contribution in [2.45, 2.75) is 6.54 Å². The normalized spacial score (nSPS) is 9.86. The standard InChI is InChI=1S/C10H14N2O2/c1-11-7-8-3-5-9(6-4-8)10(13)12-14-2/h3-6,11H,7H2,1-2H3,(H,12,13). The van der Waals surface area contributed by atoms with E-state index >= 15 is 0 Å². The second-order valence-corrected chi connectivity index (χ2v) is 2.86. The van der Waals surface area contributed by atoms with Crippen molar-refractivity contribution in [2.24, 2.45) is 0 Å². The van der Waals surface area contributed by atoms with Crippen LogP contribution in [0.1, 0.15) is 15.9 Å². The molecular formula is C10H14N2O2. The predicted molar refractivity (Wildman–Crippen MR) is 53.7 cm³/mol. The molecule has 0 aromatic heterocycles. The van der Waals surface area contributed by atoms with E-state index in [0.29, 0.717) is 5.56 Å². The Morgan fingerprint density at radius 3 is 2.50 bits per heavy atom. The van der Waals surface area contributed by atoms with E-state index in [4.69, 9.17) is 0 Å². The van der Waals surface area contributed by atoms with Gasteiger partial charge in [-0.1, -0.05) is 12.1 Å². The molecule has 0 atom stereocenters. The van der Waals surface area contributed by atoms with Crippen molar-refractivity contribution >= 4 is 5.91 Å². The van der Waals surface area contributed by atoms with Gasteiger partial charge in [0.2, 0.25) is 0 Å². The molecule has 2 N–H and O–H groups in total. The number of rotatable bonds is 4. The Morgan fingerprint density at radius 2 is 2.00 bits per heavy atom. The molecule has 76 valence electrons. The first-order valence-electron chi connectivity index (χ1n) is 4.34. The minimum absolute atomic E-state index is 0.233. The maximum absolute atomic E-state index is 11.3. The maximum Gasteiger partial charge on any atom is 0.274 e. The van der Waals surface area contributed by atoms with E-state index in [-0.39, 0.29) is 5.91 Å². The first-order chi connectivity index (χ1) is 6.77. The zero-order valence-corrected chi connectivity index (χ0v) is 8.33. The third kappa shape index (κ3) is 2.83. The Morgan fingerprint density at radius 1 is 1.36 bits per heavy atom. The summed E-state index contributed by atoms with van der Waals surface area (Å²) in [5.74, 6) is -0.233. The number of hydrogen-bond donors (Lipinski definition) is 2. The molecule has 4 heteroatoms. The summed E-state index contributed by atoms with van der Waals surface area (Å²) in [6.07, 6.45) is 0. The molecule has 0 bridgehead atoms. The highest BCUT2D eigenvalue weighted by molar-refractivity contribution is 5.93. The fourth-order valence-electron chi connectivity index (χ4n) is 1.13. The Labute approximate surface area is 83.2 Å². The van der Waals surface area contributed by atoms with Gasteiger partial charge in [-0.3, -0.25) is 9.63 Å². The summed E-state index contributed by atoms with van der Waals surface area (Å²) in [5, 5.41) is 3.03. The molecule has 0 unspecified atom stereocenters. The van der Waals surface area contributed by atoms with E-state index < -0.39 is 0 Å². The molecule has 0 saturated carbocycles. The van der Waals surface area contributed by atoms with Crippen molar-refractivity contribution in [3.05, 3.63) is 35.4 Å². The van der Waals surface area contributed by atoms with Crippen LogP contribution in [0.25, 0.3) is 0 Å². The van der Waals surface area contributed by atoms with Crippen LogP contribution in [0.2, 0.25) is 0 Å². The Balaban J connectivity index is 2.67. The van der Waals surface area contributed by atoms with Crippen LogP contribution in [0.15, 0.2) is 24.3 Å². The zero-order chi connectivity index (χ0) is 10.4. The summed E-state index contributed by atoms with van der Waals surface area (Å²) >= 11 is 0. The van der Waals surface area contributed by atoms with E-state index in [9.17, 15) is 4.79 Å². The average Bonchev–Trinajstić information content (AvgIpc) is 2.20. The molecule has 1 aromatic rings. The SMILES string of the molecule is CNCc1ccc(C(=O)NOC)cc1. The van der Waals surface area contributed by atoms with Crippen LogP contribution in [0, 0.1) is 0 Å². The lowest BCUT2D eigenvalue weighted by Gasteiger charge is -2.03. The van der Waals surface area contributed by atoms with Gasteiger partial charge in [-0.2, -0.15) is 0 Å².